The first-order valence-electron chi connectivity index (χ1n) is 14.2. The number of anilines is 1. The first-order valence-corrected chi connectivity index (χ1v) is 14.2. The Morgan fingerprint density at radius 3 is 1.96 bits per heavy atom. The number of aromatic nitrogens is 2. The largest absolute Gasteiger partial charge is 0.497 e. The standard InChI is InChI=1S/C32H37F6N3O4/c1-18(2)15-23-16-24(11-14-26(23)30(45-8,31(33,34)35)32(36,37)38)41(28(42)19(3)4)29(43)27-20(5)39-40(21(27)6)17-22-9-12-25(44-7)13-10-22/h9-14,16,18-19H,15,17H2,1-8H3. The quantitative estimate of drug-likeness (QED) is 0.214. The number of hydrogen-bond donors (Lipinski definition) is 0. The number of nitrogens with zero attached hydrogens (tertiary/aromatic N) is 3. The van der Waals surface area contributed by atoms with E-state index in [1.54, 1.807) is 44.5 Å². The monoisotopic (exact) mass is 641 g/mol. The van der Waals surface area contributed by atoms with Crippen molar-refractivity contribution in [2.45, 2.75) is 72.5 Å². The minimum Gasteiger partial charge on any atom is -0.497 e. The molecule has 0 radical (unpaired) electrons. The molecule has 3 rings (SSSR count). The van der Waals surface area contributed by atoms with Crippen molar-refractivity contribution in [3.63, 3.8) is 0 Å². The number of aryl methyl sites for hydroxylation is 1. The van der Waals surface area contributed by atoms with Gasteiger partial charge >= 0.3 is 12.4 Å². The molecule has 13 heteroatoms. The van der Waals surface area contributed by atoms with Crippen molar-refractivity contribution in [2.75, 3.05) is 19.1 Å². The molecule has 0 spiro atoms. The molecule has 0 saturated heterocycles. The maximum Gasteiger partial charge on any atom is 0.430 e. The number of methoxy groups -OCH3 is 2. The van der Waals surface area contributed by atoms with Crippen molar-refractivity contribution in [2.24, 2.45) is 11.8 Å². The molecular formula is C32H37F6N3O4. The van der Waals surface area contributed by atoms with Gasteiger partial charge in [-0.1, -0.05) is 45.9 Å². The lowest BCUT2D eigenvalue weighted by molar-refractivity contribution is -0.383. The molecule has 3 aromatic rings. The normalized spacial score (nSPS) is 12.6. The molecule has 246 valence electrons. The highest BCUT2D eigenvalue weighted by Gasteiger charge is 2.73. The van der Waals surface area contributed by atoms with Crippen LogP contribution in [0.15, 0.2) is 42.5 Å². The fourth-order valence-electron chi connectivity index (χ4n) is 5.26. The predicted octanol–water partition coefficient (Wildman–Crippen LogP) is 7.55. The van der Waals surface area contributed by atoms with E-state index < -0.39 is 41.2 Å². The number of rotatable bonds is 10. The van der Waals surface area contributed by atoms with E-state index in [4.69, 9.17) is 4.74 Å². The molecule has 2 amide bonds. The van der Waals surface area contributed by atoms with Crippen LogP contribution in [0.3, 0.4) is 0 Å². The van der Waals surface area contributed by atoms with Gasteiger partial charge in [0.15, 0.2) is 0 Å². The summed E-state index contributed by atoms with van der Waals surface area (Å²) in [6.45, 7) is 9.81. The summed E-state index contributed by atoms with van der Waals surface area (Å²) in [5.41, 5.74) is -4.68. The third kappa shape index (κ3) is 6.87. The molecule has 0 saturated carbocycles. The number of hydrogen-bond acceptors (Lipinski definition) is 5. The van der Waals surface area contributed by atoms with Crippen LogP contribution >= 0.6 is 0 Å². The van der Waals surface area contributed by atoms with Gasteiger partial charge in [-0.05, 0) is 61.6 Å². The topological polar surface area (TPSA) is 73.7 Å². The number of carbonyl (C=O) groups is 2. The predicted molar refractivity (Wildman–Crippen MR) is 156 cm³/mol. The number of halogens is 6. The molecule has 2 aromatic carbocycles. The summed E-state index contributed by atoms with van der Waals surface area (Å²) in [6, 6.07) is 9.77. The minimum atomic E-state index is -5.87. The average Bonchev–Trinajstić information content (AvgIpc) is 3.20. The second kappa shape index (κ2) is 13.2. The van der Waals surface area contributed by atoms with Gasteiger partial charge in [0.25, 0.3) is 11.5 Å². The number of carbonyl (C=O) groups excluding carboxylic acids is 2. The van der Waals surface area contributed by atoms with E-state index >= 15 is 0 Å². The van der Waals surface area contributed by atoms with Crippen LogP contribution in [0.1, 0.15) is 66.1 Å². The summed E-state index contributed by atoms with van der Waals surface area (Å²) >= 11 is 0. The Labute approximate surface area is 258 Å². The van der Waals surface area contributed by atoms with Crippen LogP contribution in [0.25, 0.3) is 0 Å². The Hall–Kier alpha value is -3.87. The van der Waals surface area contributed by atoms with Crippen LogP contribution < -0.4 is 9.64 Å². The fraction of sp³-hybridized carbons (Fsp3) is 0.469. The highest BCUT2D eigenvalue weighted by molar-refractivity contribution is 6.22. The molecule has 1 aromatic heterocycles. The molecule has 0 aliphatic heterocycles. The van der Waals surface area contributed by atoms with Gasteiger partial charge in [0.2, 0.25) is 5.91 Å². The van der Waals surface area contributed by atoms with Crippen molar-refractivity contribution in [1.29, 1.82) is 0 Å². The number of imide groups is 1. The number of amides is 2. The summed E-state index contributed by atoms with van der Waals surface area (Å²) in [5, 5.41) is 4.48. The first-order chi connectivity index (χ1) is 20.8. The highest BCUT2D eigenvalue weighted by atomic mass is 19.4. The lowest BCUT2D eigenvalue weighted by Gasteiger charge is -2.38. The SMILES string of the molecule is COc1ccc(Cn2nc(C)c(C(=O)N(C(=O)C(C)C)c3ccc(C(OC)(C(F)(F)F)C(F)(F)F)c(CC(C)C)c3)c2C)cc1. The van der Waals surface area contributed by atoms with Crippen molar-refractivity contribution >= 4 is 17.5 Å². The summed E-state index contributed by atoms with van der Waals surface area (Å²) < 4.78 is 96.4. The van der Waals surface area contributed by atoms with E-state index in [9.17, 15) is 35.9 Å². The highest BCUT2D eigenvalue weighted by Crippen LogP contribution is 2.54. The Morgan fingerprint density at radius 1 is 0.911 bits per heavy atom. The summed E-state index contributed by atoms with van der Waals surface area (Å²) in [5.74, 6) is -1.99. The maximum atomic E-state index is 14.2. The number of benzene rings is 2. The second-order valence-electron chi connectivity index (χ2n) is 11.5. The summed E-state index contributed by atoms with van der Waals surface area (Å²) in [4.78, 5) is 28.4. The Morgan fingerprint density at radius 2 is 1.49 bits per heavy atom. The molecule has 1 heterocycles. The number of alkyl halides is 6. The van der Waals surface area contributed by atoms with Gasteiger partial charge < -0.3 is 9.47 Å². The maximum absolute atomic E-state index is 14.2. The first kappa shape index (κ1) is 35.6. The van der Waals surface area contributed by atoms with Gasteiger partial charge in [-0.2, -0.15) is 31.4 Å². The number of ether oxygens (including phenoxy) is 2. The molecule has 0 unspecified atom stereocenters. The van der Waals surface area contributed by atoms with E-state index in [1.807, 2.05) is 12.1 Å². The zero-order valence-corrected chi connectivity index (χ0v) is 26.4. The lowest BCUT2D eigenvalue weighted by Crippen LogP contribution is -2.56. The second-order valence-corrected chi connectivity index (χ2v) is 11.5. The van der Waals surface area contributed by atoms with E-state index in [1.165, 1.54) is 21.0 Å². The van der Waals surface area contributed by atoms with E-state index in [2.05, 4.69) is 9.84 Å². The molecular weight excluding hydrogens is 604 g/mol. The van der Waals surface area contributed by atoms with Crippen LogP contribution in [0, 0.1) is 25.7 Å². The van der Waals surface area contributed by atoms with Crippen molar-refractivity contribution < 1.29 is 45.4 Å². The van der Waals surface area contributed by atoms with Gasteiger partial charge in [0.1, 0.15) is 5.75 Å². The molecule has 0 bridgehead atoms. The molecule has 7 nitrogen and oxygen atoms in total. The van der Waals surface area contributed by atoms with Gasteiger partial charge in [-0.3, -0.25) is 14.3 Å². The molecule has 45 heavy (non-hydrogen) atoms. The zero-order chi connectivity index (χ0) is 34.1. The molecule has 0 fully saturated rings. The van der Waals surface area contributed by atoms with Crippen LogP contribution in [-0.4, -0.2) is 48.2 Å². The Kier molecular flexibility index (Phi) is 10.5. The molecule has 0 aliphatic rings. The van der Waals surface area contributed by atoms with Crippen LogP contribution in [0.4, 0.5) is 32.0 Å². The molecule has 0 atom stereocenters. The fourth-order valence-corrected chi connectivity index (χ4v) is 5.26. The minimum absolute atomic E-state index is 0.0869. The third-order valence-corrected chi connectivity index (χ3v) is 7.46. The summed E-state index contributed by atoms with van der Waals surface area (Å²) in [7, 11) is 1.89. The van der Waals surface area contributed by atoms with Gasteiger partial charge in [-0.25, -0.2) is 4.90 Å². The summed E-state index contributed by atoms with van der Waals surface area (Å²) in [6.07, 6.45) is -12.0. The zero-order valence-electron chi connectivity index (χ0n) is 26.4. The lowest BCUT2D eigenvalue weighted by atomic mass is 9.84. The van der Waals surface area contributed by atoms with Crippen LogP contribution in [0.5, 0.6) is 5.75 Å². The van der Waals surface area contributed by atoms with E-state index in [0.29, 0.717) is 30.3 Å². The smallest absolute Gasteiger partial charge is 0.430 e. The Bertz CT molecular complexity index is 1510. The van der Waals surface area contributed by atoms with Crippen molar-refractivity contribution in [3.8, 4) is 5.75 Å². The van der Waals surface area contributed by atoms with Gasteiger partial charge in [0.05, 0.1) is 30.6 Å². The van der Waals surface area contributed by atoms with E-state index in [0.717, 1.165) is 22.6 Å². The molecule has 0 aliphatic carbocycles. The average molecular weight is 642 g/mol. The van der Waals surface area contributed by atoms with E-state index in [-0.39, 0.29) is 35.7 Å². The van der Waals surface area contributed by atoms with Crippen molar-refractivity contribution in [1.82, 2.24) is 9.78 Å². The van der Waals surface area contributed by atoms with Crippen LogP contribution in [-0.2, 0) is 28.1 Å². The Balaban J connectivity index is 2.21. The third-order valence-electron chi connectivity index (χ3n) is 7.46. The van der Waals surface area contributed by atoms with Gasteiger partial charge in [-0.15, -0.1) is 0 Å². The van der Waals surface area contributed by atoms with Crippen molar-refractivity contribution in [3.05, 3.63) is 76.1 Å². The van der Waals surface area contributed by atoms with Gasteiger partial charge in [0, 0.05) is 24.3 Å². The van der Waals surface area contributed by atoms with Crippen LogP contribution in [0.2, 0.25) is 0 Å². The molecule has 0 N–H and O–H groups in total.